The number of aromatic nitrogens is 1. The van der Waals surface area contributed by atoms with Crippen molar-refractivity contribution >= 4 is 5.78 Å². The van der Waals surface area contributed by atoms with Crippen molar-refractivity contribution in [3.63, 3.8) is 0 Å². The van der Waals surface area contributed by atoms with Crippen LogP contribution in [0.1, 0.15) is 36.2 Å². The summed E-state index contributed by atoms with van der Waals surface area (Å²) in [5.74, 6) is 1.68. The van der Waals surface area contributed by atoms with Gasteiger partial charge in [0.25, 0.3) is 0 Å². The van der Waals surface area contributed by atoms with E-state index in [1.165, 1.54) is 26.0 Å². The third-order valence-electron chi connectivity index (χ3n) is 3.20. The number of hydrogen-bond donors (Lipinski definition) is 0. The topological polar surface area (TPSA) is 46.3 Å². The number of carbonyl (C=O) groups excluding carboxylic acids is 1. The van der Waals surface area contributed by atoms with Gasteiger partial charge in [-0.25, -0.2) is 4.98 Å². The summed E-state index contributed by atoms with van der Waals surface area (Å²) in [5.41, 5.74) is 0. The quantitative estimate of drug-likeness (QED) is 0.731. The maximum Gasteiger partial charge on any atom is 0.196 e. The first kappa shape index (κ1) is 11.3. The Balaban J connectivity index is 1.91. The van der Waals surface area contributed by atoms with Crippen LogP contribution in [-0.4, -0.2) is 35.8 Å². The van der Waals surface area contributed by atoms with Crippen molar-refractivity contribution in [2.24, 2.45) is 5.92 Å². The van der Waals surface area contributed by atoms with Crippen LogP contribution in [0.3, 0.4) is 0 Å². The van der Waals surface area contributed by atoms with Crippen LogP contribution < -0.4 is 0 Å². The minimum Gasteiger partial charge on any atom is -0.438 e. The van der Waals surface area contributed by atoms with Crippen LogP contribution >= 0.6 is 0 Å². The minimum absolute atomic E-state index is 0.0536. The van der Waals surface area contributed by atoms with Gasteiger partial charge in [-0.15, -0.1) is 0 Å². The van der Waals surface area contributed by atoms with Gasteiger partial charge >= 0.3 is 0 Å². The van der Waals surface area contributed by atoms with E-state index >= 15 is 0 Å². The standard InChI is InChI=1S/C12H18N2O2/c1-9(15)11-8-13-12(16-11)7-10-3-5-14(2)6-4-10/h8,10H,3-7H2,1-2H3. The molecule has 16 heavy (non-hydrogen) atoms. The van der Waals surface area contributed by atoms with E-state index in [9.17, 15) is 4.79 Å². The Bertz CT molecular complexity index is 365. The molecule has 0 unspecified atom stereocenters. The van der Waals surface area contributed by atoms with E-state index in [-0.39, 0.29) is 5.78 Å². The summed E-state index contributed by atoms with van der Waals surface area (Å²) in [5, 5.41) is 0. The van der Waals surface area contributed by atoms with Gasteiger partial charge in [0, 0.05) is 13.3 Å². The molecule has 0 saturated carbocycles. The molecule has 4 heteroatoms. The molecule has 0 radical (unpaired) electrons. The predicted molar refractivity (Wildman–Crippen MR) is 60.4 cm³/mol. The van der Waals surface area contributed by atoms with E-state index in [4.69, 9.17) is 4.42 Å². The van der Waals surface area contributed by atoms with E-state index in [0.29, 0.717) is 17.6 Å². The van der Waals surface area contributed by atoms with Crippen molar-refractivity contribution in [2.45, 2.75) is 26.2 Å². The molecule has 0 aliphatic carbocycles. The Labute approximate surface area is 95.6 Å². The summed E-state index contributed by atoms with van der Waals surface area (Å²) in [6.07, 6.45) is 4.77. The Hall–Kier alpha value is -1.16. The molecule has 1 fully saturated rings. The highest BCUT2D eigenvalue weighted by Gasteiger charge is 2.19. The summed E-state index contributed by atoms with van der Waals surface area (Å²) < 4.78 is 5.40. The molecule has 2 heterocycles. The number of carbonyl (C=O) groups is 1. The number of likely N-dealkylation sites (tertiary alicyclic amines) is 1. The zero-order valence-corrected chi connectivity index (χ0v) is 9.90. The van der Waals surface area contributed by atoms with Gasteiger partial charge in [-0.1, -0.05) is 0 Å². The lowest BCUT2D eigenvalue weighted by atomic mass is 9.94. The second-order valence-electron chi connectivity index (χ2n) is 4.63. The summed E-state index contributed by atoms with van der Waals surface area (Å²) in [4.78, 5) is 17.5. The summed E-state index contributed by atoms with van der Waals surface area (Å²) in [7, 11) is 2.15. The molecular weight excluding hydrogens is 204 g/mol. The van der Waals surface area contributed by atoms with Gasteiger partial charge < -0.3 is 9.32 Å². The van der Waals surface area contributed by atoms with E-state index in [2.05, 4.69) is 16.9 Å². The van der Waals surface area contributed by atoms with E-state index in [1.807, 2.05) is 0 Å². The smallest absolute Gasteiger partial charge is 0.196 e. The molecule has 0 spiro atoms. The molecule has 2 rings (SSSR count). The fourth-order valence-corrected chi connectivity index (χ4v) is 2.08. The fraction of sp³-hybridized carbons (Fsp3) is 0.667. The summed E-state index contributed by atoms with van der Waals surface area (Å²) >= 11 is 0. The van der Waals surface area contributed by atoms with E-state index in [0.717, 1.165) is 19.5 Å². The molecule has 0 bridgehead atoms. The third-order valence-corrected chi connectivity index (χ3v) is 3.20. The molecule has 88 valence electrons. The van der Waals surface area contributed by atoms with Crippen LogP contribution in [-0.2, 0) is 6.42 Å². The monoisotopic (exact) mass is 222 g/mol. The number of oxazole rings is 1. The Morgan fingerprint density at radius 2 is 2.25 bits per heavy atom. The lowest BCUT2D eigenvalue weighted by molar-refractivity contribution is 0.0984. The van der Waals surface area contributed by atoms with Crippen LogP contribution in [0.15, 0.2) is 10.6 Å². The highest BCUT2D eigenvalue weighted by molar-refractivity contribution is 5.90. The lowest BCUT2D eigenvalue weighted by Crippen LogP contribution is -2.30. The number of Topliss-reactive ketones (excluding diaryl/α,β-unsaturated/α-hetero) is 1. The Morgan fingerprint density at radius 3 is 2.81 bits per heavy atom. The van der Waals surface area contributed by atoms with Gasteiger partial charge in [-0.2, -0.15) is 0 Å². The first-order valence-electron chi connectivity index (χ1n) is 5.79. The molecule has 0 amide bonds. The highest BCUT2D eigenvalue weighted by atomic mass is 16.4. The van der Waals surface area contributed by atoms with Crippen LogP contribution in [0.25, 0.3) is 0 Å². The first-order valence-corrected chi connectivity index (χ1v) is 5.79. The number of hydrogen-bond acceptors (Lipinski definition) is 4. The number of nitrogens with zero attached hydrogens (tertiary/aromatic N) is 2. The van der Waals surface area contributed by atoms with Crippen molar-refractivity contribution in [1.29, 1.82) is 0 Å². The van der Waals surface area contributed by atoms with Crippen molar-refractivity contribution in [1.82, 2.24) is 9.88 Å². The third kappa shape index (κ3) is 2.70. The fourth-order valence-electron chi connectivity index (χ4n) is 2.08. The first-order chi connectivity index (χ1) is 7.65. The highest BCUT2D eigenvalue weighted by Crippen LogP contribution is 2.20. The van der Waals surface area contributed by atoms with Crippen LogP contribution in [0.4, 0.5) is 0 Å². The van der Waals surface area contributed by atoms with Crippen molar-refractivity contribution < 1.29 is 9.21 Å². The molecule has 4 nitrogen and oxygen atoms in total. The summed E-state index contributed by atoms with van der Waals surface area (Å²) in [6.45, 7) is 3.79. The van der Waals surface area contributed by atoms with Crippen molar-refractivity contribution in [2.75, 3.05) is 20.1 Å². The van der Waals surface area contributed by atoms with Crippen LogP contribution in [0, 0.1) is 5.92 Å². The average Bonchev–Trinajstić information content (AvgIpc) is 2.70. The number of piperidine rings is 1. The normalized spacial score (nSPS) is 18.9. The largest absolute Gasteiger partial charge is 0.438 e. The zero-order chi connectivity index (χ0) is 11.5. The van der Waals surface area contributed by atoms with Gasteiger partial charge in [-0.3, -0.25) is 4.79 Å². The van der Waals surface area contributed by atoms with Crippen molar-refractivity contribution in [3.8, 4) is 0 Å². The molecule has 0 N–H and O–H groups in total. The lowest BCUT2D eigenvalue weighted by Gasteiger charge is -2.28. The number of ketones is 1. The summed E-state index contributed by atoms with van der Waals surface area (Å²) in [6, 6.07) is 0. The Kier molecular flexibility index (Phi) is 3.39. The molecule has 0 atom stereocenters. The molecule has 1 aliphatic heterocycles. The van der Waals surface area contributed by atoms with Crippen molar-refractivity contribution in [3.05, 3.63) is 17.8 Å². The van der Waals surface area contributed by atoms with Gasteiger partial charge in [0.2, 0.25) is 0 Å². The van der Waals surface area contributed by atoms with Gasteiger partial charge in [0.05, 0.1) is 6.20 Å². The van der Waals surface area contributed by atoms with Gasteiger partial charge in [0.15, 0.2) is 17.4 Å². The SMILES string of the molecule is CC(=O)c1cnc(CC2CCN(C)CC2)o1. The van der Waals surface area contributed by atoms with Crippen LogP contribution in [0.5, 0.6) is 0 Å². The molecular formula is C12H18N2O2. The molecule has 1 aromatic rings. The molecule has 1 aliphatic rings. The second kappa shape index (κ2) is 4.78. The molecule has 0 aromatic carbocycles. The van der Waals surface area contributed by atoms with Crippen LogP contribution in [0.2, 0.25) is 0 Å². The maximum atomic E-state index is 11.1. The molecule has 1 saturated heterocycles. The van der Waals surface area contributed by atoms with Gasteiger partial charge in [0.1, 0.15) is 0 Å². The predicted octanol–water partition coefficient (Wildman–Crippen LogP) is 1.76. The van der Waals surface area contributed by atoms with E-state index < -0.39 is 0 Å². The van der Waals surface area contributed by atoms with E-state index in [1.54, 1.807) is 0 Å². The minimum atomic E-state index is -0.0536. The second-order valence-corrected chi connectivity index (χ2v) is 4.63. The van der Waals surface area contributed by atoms with Gasteiger partial charge in [-0.05, 0) is 38.9 Å². The Morgan fingerprint density at radius 1 is 1.56 bits per heavy atom. The maximum absolute atomic E-state index is 11.1. The number of rotatable bonds is 3. The zero-order valence-electron chi connectivity index (χ0n) is 9.90. The average molecular weight is 222 g/mol. The molecule has 1 aromatic heterocycles.